The van der Waals surface area contributed by atoms with E-state index in [1.807, 2.05) is 12.1 Å². The first-order valence-corrected chi connectivity index (χ1v) is 11.5. The van der Waals surface area contributed by atoms with Gasteiger partial charge in [0.15, 0.2) is 5.96 Å². The van der Waals surface area contributed by atoms with Gasteiger partial charge in [-0.3, -0.25) is 4.99 Å². The van der Waals surface area contributed by atoms with Crippen LogP contribution in [0.15, 0.2) is 64.3 Å². The van der Waals surface area contributed by atoms with Gasteiger partial charge in [-0.25, -0.2) is 8.42 Å². The van der Waals surface area contributed by atoms with E-state index in [0.29, 0.717) is 38.4 Å². The Balaban J connectivity index is 0.00000272. The molecule has 0 spiro atoms. The molecule has 0 aliphatic carbocycles. The molecule has 0 amide bonds. The molecule has 166 valence electrons. The first kappa shape index (κ1) is 23.5. The summed E-state index contributed by atoms with van der Waals surface area (Å²) < 4.78 is 31.5. The molecule has 2 heterocycles. The molecule has 1 aliphatic heterocycles. The molecule has 31 heavy (non-hydrogen) atoms. The van der Waals surface area contributed by atoms with E-state index in [2.05, 4.69) is 50.7 Å². The van der Waals surface area contributed by atoms with Crippen molar-refractivity contribution >= 4 is 50.7 Å². The van der Waals surface area contributed by atoms with Crippen LogP contribution in [-0.2, 0) is 22.3 Å². The van der Waals surface area contributed by atoms with E-state index in [4.69, 9.17) is 4.52 Å². The van der Waals surface area contributed by atoms with Crippen LogP contribution in [0, 0.1) is 0 Å². The van der Waals surface area contributed by atoms with E-state index in [-0.39, 0.29) is 29.7 Å². The molecule has 0 bridgehead atoms. The number of halogens is 1. The topological polar surface area (TPSA) is 91.0 Å². The van der Waals surface area contributed by atoms with Gasteiger partial charge in [0.25, 0.3) is 0 Å². The van der Waals surface area contributed by atoms with E-state index < -0.39 is 10.0 Å². The Bertz CT molecular complexity index is 1120. The van der Waals surface area contributed by atoms with Crippen molar-refractivity contribution in [2.45, 2.75) is 12.3 Å². The van der Waals surface area contributed by atoms with Crippen LogP contribution >= 0.6 is 24.0 Å². The molecule has 0 unspecified atom stereocenters. The van der Waals surface area contributed by atoms with Crippen molar-refractivity contribution in [3.8, 4) is 0 Å². The molecule has 2 aromatic carbocycles. The lowest BCUT2D eigenvalue weighted by atomic mass is 10.0. The van der Waals surface area contributed by atoms with Crippen molar-refractivity contribution in [2.75, 3.05) is 33.2 Å². The lowest BCUT2D eigenvalue weighted by Gasteiger charge is -2.35. The number of piperazine rings is 1. The molecule has 1 aromatic heterocycles. The molecule has 3 aromatic rings. The summed E-state index contributed by atoms with van der Waals surface area (Å²) in [5, 5.41) is 9.55. The maximum absolute atomic E-state index is 12.6. The zero-order valence-corrected chi connectivity index (χ0v) is 20.4. The Morgan fingerprint density at radius 2 is 1.84 bits per heavy atom. The van der Waals surface area contributed by atoms with Crippen molar-refractivity contribution in [3.63, 3.8) is 0 Å². The second kappa shape index (κ2) is 10.4. The highest BCUT2D eigenvalue weighted by atomic mass is 127. The Morgan fingerprint density at radius 1 is 1.10 bits per heavy atom. The van der Waals surface area contributed by atoms with Crippen molar-refractivity contribution in [2.24, 2.45) is 4.99 Å². The fraction of sp³-hybridized carbons (Fsp3) is 0.333. The minimum absolute atomic E-state index is 0. The van der Waals surface area contributed by atoms with Gasteiger partial charge >= 0.3 is 0 Å². The molecule has 8 nitrogen and oxygen atoms in total. The molecule has 10 heteroatoms. The molecule has 0 atom stereocenters. The van der Waals surface area contributed by atoms with Gasteiger partial charge in [0.05, 0.1) is 5.69 Å². The lowest BCUT2D eigenvalue weighted by molar-refractivity contribution is 0.259. The van der Waals surface area contributed by atoms with Crippen LogP contribution in [0.5, 0.6) is 0 Å². The molecular formula is C21H26IN5O3S. The fourth-order valence-electron chi connectivity index (χ4n) is 3.72. The molecule has 1 fully saturated rings. The van der Waals surface area contributed by atoms with E-state index in [0.717, 1.165) is 5.96 Å². The van der Waals surface area contributed by atoms with Crippen molar-refractivity contribution < 1.29 is 12.9 Å². The van der Waals surface area contributed by atoms with Crippen molar-refractivity contribution in [3.05, 3.63) is 66.1 Å². The number of guanidine groups is 1. The van der Waals surface area contributed by atoms with Gasteiger partial charge in [0, 0.05) is 45.8 Å². The number of nitrogens with zero attached hydrogens (tertiary/aromatic N) is 4. The van der Waals surface area contributed by atoms with Crippen LogP contribution in [0.4, 0.5) is 0 Å². The van der Waals surface area contributed by atoms with Gasteiger partial charge in [-0.05, 0) is 16.3 Å². The second-order valence-corrected chi connectivity index (χ2v) is 9.14. The van der Waals surface area contributed by atoms with E-state index in [1.54, 1.807) is 13.1 Å². The third-order valence-electron chi connectivity index (χ3n) is 5.28. The van der Waals surface area contributed by atoms with E-state index in [1.165, 1.54) is 26.9 Å². The fourth-order valence-corrected chi connectivity index (χ4v) is 5.15. The number of fused-ring (bicyclic) bond motifs is 1. The second-order valence-electron chi connectivity index (χ2n) is 7.17. The van der Waals surface area contributed by atoms with Crippen LogP contribution in [0.3, 0.4) is 0 Å². The molecular weight excluding hydrogens is 529 g/mol. The van der Waals surface area contributed by atoms with Gasteiger partial charge in [0.2, 0.25) is 10.0 Å². The Hall–Kier alpha value is -2.18. The van der Waals surface area contributed by atoms with Crippen LogP contribution in [0.2, 0.25) is 0 Å². The first-order chi connectivity index (χ1) is 14.6. The lowest BCUT2D eigenvalue weighted by Crippen LogP contribution is -2.53. The van der Waals surface area contributed by atoms with Crippen molar-refractivity contribution in [1.29, 1.82) is 0 Å². The molecule has 0 saturated carbocycles. The number of hydrogen-bond donors (Lipinski definition) is 1. The van der Waals surface area contributed by atoms with Gasteiger partial charge in [-0.15, -0.1) is 24.0 Å². The Labute approximate surface area is 199 Å². The number of hydrogen-bond acceptors (Lipinski definition) is 5. The summed E-state index contributed by atoms with van der Waals surface area (Å²) in [5.41, 5.74) is 1.62. The average Bonchev–Trinajstić information content (AvgIpc) is 3.27. The van der Waals surface area contributed by atoms with Crippen LogP contribution in [-0.4, -0.2) is 62.0 Å². The standard InChI is InChI=1S/C21H25N5O3S.HI/c1-22-21(23-15-18-7-4-6-17-5-2-3-8-20(17)18)25-10-12-26(13-11-25)30(27,28)16-19-9-14-29-24-19;/h2-9,14H,10-13,15-16H2,1H3,(H,22,23);1H. The quantitative estimate of drug-likeness (QED) is 0.296. The molecule has 1 saturated heterocycles. The predicted octanol–water partition coefficient (Wildman–Crippen LogP) is 2.67. The number of sulfonamides is 1. The molecule has 1 aliphatic rings. The number of aliphatic imine (C=N–C) groups is 1. The SMILES string of the molecule is CN=C(NCc1cccc2ccccc12)N1CCN(S(=O)(=O)Cc2ccon2)CC1.I. The largest absolute Gasteiger partial charge is 0.364 e. The number of aromatic nitrogens is 1. The number of rotatable bonds is 5. The highest BCUT2D eigenvalue weighted by Crippen LogP contribution is 2.18. The minimum atomic E-state index is -3.42. The number of nitrogens with one attached hydrogen (secondary N) is 1. The molecule has 0 radical (unpaired) electrons. The first-order valence-electron chi connectivity index (χ1n) is 9.86. The Kier molecular flexibility index (Phi) is 7.89. The zero-order valence-electron chi connectivity index (χ0n) is 17.3. The van der Waals surface area contributed by atoms with Gasteiger partial charge in [-0.2, -0.15) is 4.31 Å². The molecule has 4 rings (SSSR count). The predicted molar refractivity (Wildman–Crippen MR) is 132 cm³/mol. The maximum Gasteiger partial charge on any atom is 0.220 e. The normalized spacial score (nSPS) is 15.6. The average molecular weight is 555 g/mol. The zero-order chi connectivity index (χ0) is 21.0. The maximum atomic E-state index is 12.6. The Morgan fingerprint density at radius 3 is 2.55 bits per heavy atom. The van der Waals surface area contributed by atoms with Crippen LogP contribution < -0.4 is 5.32 Å². The summed E-state index contributed by atoms with van der Waals surface area (Å²) in [6.45, 7) is 2.63. The highest BCUT2D eigenvalue weighted by molar-refractivity contribution is 14.0. The third-order valence-corrected chi connectivity index (χ3v) is 7.09. The summed E-state index contributed by atoms with van der Waals surface area (Å²) in [6, 6.07) is 16.1. The van der Waals surface area contributed by atoms with Gasteiger partial charge < -0.3 is 14.7 Å². The van der Waals surface area contributed by atoms with Crippen molar-refractivity contribution in [1.82, 2.24) is 19.7 Å². The van der Waals surface area contributed by atoms with Gasteiger partial charge in [-0.1, -0.05) is 47.6 Å². The molecule has 1 N–H and O–H groups in total. The van der Waals surface area contributed by atoms with Crippen LogP contribution in [0.1, 0.15) is 11.3 Å². The third kappa shape index (κ3) is 5.55. The summed E-state index contributed by atoms with van der Waals surface area (Å²) in [7, 11) is -1.67. The highest BCUT2D eigenvalue weighted by Gasteiger charge is 2.29. The smallest absolute Gasteiger partial charge is 0.220 e. The summed E-state index contributed by atoms with van der Waals surface area (Å²) in [4.78, 5) is 6.49. The minimum Gasteiger partial charge on any atom is -0.364 e. The summed E-state index contributed by atoms with van der Waals surface area (Å²) in [5.74, 6) is 0.633. The van der Waals surface area contributed by atoms with E-state index >= 15 is 0 Å². The summed E-state index contributed by atoms with van der Waals surface area (Å²) in [6.07, 6.45) is 1.38. The van der Waals surface area contributed by atoms with Gasteiger partial charge in [0.1, 0.15) is 12.0 Å². The monoisotopic (exact) mass is 555 g/mol. The van der Waals surface area contributed by atoms with E-state index in [9.17, 15) is 8.42 Å². The van der Waals surface area contributed by atoms with Crippen LogP contribution in [0.25, 0.3) is 10.8 Å². The number of benzene rings is 2. The summed E-state index contributed by atoms with van der Waals surface area (Å²) >= 11 is 0.